The van der Waals surface area contributed by atoms with Crippen LogP contribution in [0.15, 0.2) is 70.1 Å². The summed E-state index contributed by atoms with van der Waals surface area (Å²) in [7, 11) is 0. The van der Waals surface area contributed by atoms with Crippen LogP contribution in [0, 0.1) is 11.8 Å². The quantitative estimate of drug-likeness (QED) is 0.604. The Morgan fingerprint density at radius 3 is 2.39 bits per heavy atom. The van der Waals surface area contributed by atoms with Crippen molar-refractivity contribution in [3.63, 3.8) is 0 Å². The van der Waals surface area contributed by atoms with Gasteiger partial charge in [0.15, 0.2) is 5.76 Å². The third-order valence-corrected chi connectivity index (χ3v) is 5.91. The molecule has 3 heterocycles. The number of hydrogen-bond acceptors (Lipinski definition) is 6. The molecule has 2 aromatic carbocycles. The molecule has 0 aliphatic carbocycles. The Morgan fingerprint density at radius 1 is 1.06 bits per heavy atom. The average Bonchev–Trinajstić information content (AvgIpc) is 3.48. The fourth-order valence-electron chi connectivity index (χ4n) is 4.08. The lowest BCUT2D eigenvalue weighted by molar-refractivity contribution is 0.0259. The van der Waals surface area contributed by atoms with Crippen LogP contribution in [0.25, 0.3) is 0 Å². The number of aromatic hydroxyl groups is 1. The summed E-state index contributed by atoms with van der Waals surface area (Å²) in [6.45, 7) is 1.50. The highest BCUT2D eigenvalue weighted by Crippen LogP contribution is 2.29. The van der Waals surface area contributed by atoms with Gasteiger partial charge in [-0.25, -0.2) is 0 Å². The maximum atomic E-state index is 12.7. The summed E-state index contributed by atoms with van der Waals surface area (Å²) in [6.07, 6.45) is 2.39. The lowest BCUT2D eigenvalue weighted by Crippen LogP contribution is -2.41. The van der Waals surface area contributed by atoms with E-state index in [-0.39, 0.29) is 36.1 Å². The van der Waals surface area contributed by atoms with Crippen LogP contribution in [-0.4, -0.2) is 41.2 Å². The number of likely N-dealkylation sites (tertiary alicyclic amines) is 1. The van der Waals surface area contributed by atoms with Gasteiger partial charge in [-0.2, -0.15) is 0 Å². The van der Waals surface area contributed by atoms with Gasteiger partial charge in [0, 0.05) is 35.0 Å². The largest absolute Gasteiger partial charge is 0.502 e. The Kier molecular flexibility index (Phi) is 5.59. The molecule has 5 rings (SSSR count). The van der Waals surface area contributed by atoms with Gasteiger partial charge in [-0.1, -0.05) is 11.8 Å². The second-order valence-electron chi connectivity index (χ2n) is 8.12. The number of nitrogens with zero attached hydrogens (tertiary/aromatic N) is 1. The number of amides is 1. The van der Waals surface area contributed by atoms with Crippen LogP contribution in [0.4, 0.5) is 5.69 Å². The number of hydrogen-bond donors (Lipinski definition) is 2. The van der Waals surface area contributed by atoms with Gasteiger partial charge < -0.3 is 24.5 Å². The SMILES string of the molecule is O=C(c1ccc(C#Cc2ccc(NCc3occc(=O)c3O)cc2)cc1)N1C[C@H]2C[C@@H]1CO2. The van der Waals surface area contributed by atoms with Crippen molar-refractivity contribution in [2.75, 3.05) is 18.5 Å². The summed E-state index contributed by atoms with van der Waals surface area (Å²) in [6, 6.07) is 16.2. The molecule has 2 N–H and O–H groups in total. The minimum absolute atomic E-state index is 0.0523. The number of anilines is 1. The van der Waals surface area contributed by atoms with Crippen molar-refractivity contribution in [3.05, 3.63) is 93.5 Å². The zero-order valence-corrected chi connectivity index (χ0v) is 17.8. The number of nitrogens with one attached hydrogen (secondary N) is 1. The fourth-order valence-corrected chi connectivity index (χ4v) is 4.08. The van der Waals surface area contributed by atoms with Crippen LogP contribution in [0.5, 0.6) is 5.75 Å². The lowest BCUT2D eigenvalue weighted by Gasteiger charge is -2.26. The molecule has 2 fully saturated rings. The third kappa shape index (κ3) is 4.47. The van der Waals surface area contributed by atoms with Crippen molar-refractivity contribution in [2.24, 2.45) is 0 Å². The van der Waals surface area contributed by atoms with E-state index in [4.69, 9.17) is 9.15 Å². The number of rotatable bonds is 4. The van der Waals surface area contributed by atoms with E-state index in [0.717, 1.165) is 23.2 Å². The molecule has 2 saturated heterocycles. The molecule has 0 radical (unpaired) electrons. The predicted octanol–water partition coefficient (Wildman–Crippen LogP) is 2.97. The summed E-state index contributed by atoms with van der Waals surface area (Å²) in [5.74, 6) is 6.08. The van der Waals surface area contributed by atoms with E-state index in [1.54, 1.807) is 0 Å². The van der Waals surface area contributed by atoms with Crippen molar-refractivity contribution >= 4 is 11.6 Å². The molecule has 33 heavy (non-hydrogen) atoms. The zero-order valence-electron chi connectivity index (χ0n) is 17.8. The number of carbonyl (C=O) groups is 1. The first-order chi connectivity index (χ1) is 16.1. The van der Waals surface area contributed by atoms with E-state index in [0.29, 0.717) is 18.7 Å². The average molecular weight is 442 g/mol. The second-order valence-corrected chi connectivity index (χ2v) is 8.12. The highest BCUT2D eigenvalue weighted by atomic mass is 16.5. The Morgan fingerprint density at radius 2 is 1.76 bits per heavy atom. The minimum Gasteiger partial charge on any atom is -0.502 e. The molecule has 2 aliphatic rings. The monoisotopic (exact) mass is 442 g/mol. The van der Waals surface area contributed by atoms with Crippen molar-refractivity contribution in [3.8, 4) is 17.6 Å². The Bertz CT molecular complexity index is 1290. The topological polar surface area (TPSA) is 92.0 Å². The van der Waals surface area contributed by atoms with Crippen LogP contribution < -0.4 is 10.7 Å². The van der Waals surface area contributed by atoms with Gasteiger partial charge in [0.05, 0.1) is 31.6 Å². The summed E-state index contributed by atoms with van der Waals surface area (Å²) in [5.41, 5.74) is 2.66. The molecule has 166 valence electrons. The normalized spacial score (nSPS) is 18.6. The van der Waals surface area contributed by atoms with E-state index < -0.39 is 5.43 Å². The first kappa shape index (κ1) is 20.9. The summed E-state index contributed by atoms with van der Waals surface area (Å²) >= 11 is 0. The van der Waals surface area contributed by atoms with Gasteiger partial charge >= 0.3 is 0 Å². The number of carbonyl (C=O) groups excluding carboxylic acids is 1. The molecule has 2 bridgehead atoms. The number of morpholine rings is 1. The molecule has 2 atom stereocenters. The molecular formula is C26H22N2O5. The molecule has 1 amide bonds. The van der Waals surface area contributed by atoms with Gasteiger partial charge in [-0.15, -0.1) is 0 Å². The van der Waals surface area contributed by atoms with Gasteiger partial charge in [-0.05, 0) is 55.0 Å². The maximum Gasteiger partial charge on any atom is 0.254 e. The minimum atomic E-state index is -0.473. The highest BCUT2D eigenvalue weighted by molar-refractivity contribution is 5.94. The molecule has 7 nitrogen and oxygen atoms in total. The predicted molar refractivity (Wildman–Crippen MR) is 122 cm³/mol. The number of fused-ring (bicyclic) bond motifs is 2. The van der Waals surface area contributed by atoms with Crippen LogP contribution >= 0.6 is 0 Å². The maximum absolute atomic E-state index is 12.7. The Labute approximate surface area is 190 Å². The summed E-state index contributed by atoms with van der Waals surface area (Å²) in [5, 5.41) is 12.8. The van der Waals surface area contributed by atoms with Crippen LogP contribution in [-0.2, 0) is 11.3 Å². The zero-order chi connectivity index (χ0) is 22.8. The van der Waals surface area contributed by atoms with E-state index >= 15 is 0 Å². The number of benzene rings is 2. The van der Waals surface area contributed by atoms with E-state index in [1.807, 2.05) is 53.4 Å². The van der Waals surface area contributed by atoms with Crippen LogP contribution in [0.2, 0.25) is 0 Å². The first-order valence-corrected chi connectivity index (χ1v) is 10.7. The molecule has 0 spiro atoms. The molecular weight excluding hydrogens is 420 g/mol. The molecule has 2 aliphatic heterocycles. The van der Waals surface area contributed by atoms with E-state index in [1.165, 1.54) is 12.3 Å². The molecule has 3 aromatic rings. The van der Waals surface area contributed by atoms with Gasteiger partial charge in [0.25, 0.3) is 5.91 Å². The Balaban J connectivity index is 1.19. The van der Waals surface area contributed by atoms with Gasteiger partial charge in [-0.3, -0.25) is 9.59 Å². The Hall–Kier alpha value is -4.02. The molecule has 1 aromatic heterocycles. The van der Waals surface area contributed by atoms with Crippen molar-refractivity contribution in [1.82, 2.24) is 4.90 Å². The molecule has 0 saturated carbocycles. The van der Waals surface area contributed by atoms with Crippen LogP contribution in [0.1, 0.15) is 33.7 Å². The molecule has 7 heteroatoms. The third-order valence-electron chi connectivity index (χ3n) is 5.91. The van der Waals surface area contributed by atoms with Gasteiger partial charge in [0.2, 0.25) is 11.2 Å². The second kappa shape index (κ2) is 8.85. The first-order valence-electron chi connectivity index (χ1n) is 10.7. The summed E-state index contributed by atoms with van der Waals surface area (Å²) < 4.78 is 10.7. The van der Waals surface area contributed by atoms with Crippen LogP contribution in [0.3, 0.4) is 0 Å². The highest BCUT2D eigenvalue weighted by Gasteiger charge is 2.41. The van der Waals surface area contributed by atoms with Gasteiger partial charge in [0.1, 0.15) is 0 Å². The van der Waals surface area contributed by atoms with Crippen molar-refractivity contribution in [1.29, 1.82) is 0 Å². The van der Waals surface area contributed by atoms with E-state index in [2.05, 4.69) is 17.2 Å². The van der Waals surface area contributed by atoms with E-state index in [9.17, 15) is 14.7 Å². The smallest absolute Gasteiger partial charge is 0.254 e. The fraction of sp³-hybridized carbons (Fsp3) is 0.231. The summed E-state index contributed by atoms with van der Waals surface area (Å²) in [4.78, 5) is 26.1. The van der Waals surface area contributed by atoms with Crippen molar-refractivity contribution < 1.29 is 19.1 Å². The molecule has 0 unspecified atom stereocenters. The lowest BCUT2D eigenvalue weighted by atomic mass is 10.1. The number of ether oxygens (including phenoxy) is 1. The standard InChI is InChI=1S/C26H22N2O5/c29-23-11-12-32-24(25(23)30)14-27-20-9-5-18(6-10-20)2-1-17-3-7-19(8-4-17)26(31)28-15-22-13-21(28)16-33-22/h3-12,21-22,27,30H,13-16H2/t21-,22-/m1/s1. The van der Waals surface area contributed by atoms with Crippen molar-refractivity contribution in [2.45, 2.75) is 25.1 Å².